The molecule has 0 aliphatic rings. The van der Waals surface area contributed by atoms with Gasteiger partial charge < -0.3 is 9.76 Å². The van der Waals surface area contributed by atoms with Gasteiger partial charge in [-0.15, -0.1) is 0 Å². The second-order valence-corrected chi connectivity index (χ2v) is 2.46. The van der Waals surface area contributed by atoms with Crippen LogP contribution in [0.25, 0.3) is 0 Å². The van der Waals surface area contributed by atoms with E-state index in [2.05, 4.69) is 12.7 Å². The fourth-order valence-corrected chi connectivity index (χ4v) is 0.830. The maximum absolute atomic E-state index is 10.7. The van der Waals surface area contributed by atoms with Crippen molar-refractivity contribution >= 4 is 14.0 Å². The van der Waals surface area contributed by atoms with Gasteiger partial charge in [-0.3, -0.25) is 4.79 Å². The molecule has 0 aromatic heterocycles. The Bertz CT molecular complexity index is 116. The number of hydrogen-bond acceptors (Lipinski definition) is 3. The van der Waals surface area contributed by atoms with E-state index in [0.717, 1.165) is 12.8 Å². The first kappa shape index (κ1) is 10.5. The number of unbranched alkanes of at least 4 members (excludes halogenated alkanes) is 1. The third-order valence-corrected chi connectivity index (χ3v) is 1.58. The summed E-state index contributed by atoms with van der Waals surface area (Å²) in [7, 11) is 4.66. The zero-order valence-electron chi connectivity index (χ0n) is 6.75. The van der Waals surface area contributed by atoms with Crippen LogP contribution in [0.1, 0.15) is 26.2 Å². The predicted molar refractivity (Wildman–Crippen MR) is 41.9 cm³/mol. The Hall–Kier alpha value is -0.505. The van der Waals surface area contributed by atoms with Gasteiger partial charge in [0.2, 0.25) is 0 Å². The Labute approximate surface area is 68.2 Å². The molecule has 3 nitrogen and oxygen atoms in total. The average molecular weight is 156 g/mol. The minimum Gasteiger partial charge on any atom is -0.543 e. The van der Waals surface area contributed by atoms with Gasteiger partial charge >= 0.3 is 8.05 Å². The van der Waals surface area contributed by atoms with Gasteiger partial charge in [0.15, 0.2) is 0 Å². The lowest BCUT2D eigenvalue weighted by atomic mass is 10.0. The van der Waals surface area contributed by atoms with Crippen LogP contribution in [0.15, 0.2) is 0 Å². The molecule has 0 rings (SSSR count). The van der Waals surface area contributed by atoms with E-state index in [9.17, 15) is 4.79 Å². The van der Waals surface area contributed by atoms with Crippen molar-refractivity contribution in [3.05, 3.63) is 0 Å². The molecule has 0 saturated heterocycles. The lowest BCUT2D eigenvalue weighted by Gasteiger charge is -2.10. The summed E-state index contributed by atoms with van der Waals surface area (Å²) in [6.07, 6.45) is 2.54. The van der Waals surface area contributed by atoms with E-state index in [1.165, 1.54) is 0 Å². The molecule has 0 amide bonds. The number of hydrogen-bond donors (Lipinski definition) is 1. The molecular formula is C7H13BO3. The van der Waals surface area contributed by atoms with Crippen molar-refractivity contribution in [3.8, 4) is 0 Å². The maximum atomic E-state index is 10.7. The minimum absolute atomic E-state index is 0.184. The van der Waals surface area contributed by atoms with Crippen LogP contribution in [0.5, 0.6) is 0 Å². The summed E-state index contributed by atoms with van der Waals surface area (Å²) in [6, 6.07) is 0. The Morgan fingerprint density at radius 1 is 1.73 bits per heavy atom. The first-order valence-corrected chi connectivity index (χ1v) is 3.77. The van der Waals surface area contributed by atoms with Gasteiger partial charge in [0.1, 0.15) is 0 Å². The van der Waals surface area contributed by atoms with Gasteiger partial charge in [-0.1, -0.05) is 19.8 Å². The lowest BCUT2D eigenvalue weighted by Crippen LogP contribution is -2.20. The third kappa shape index (κ3) is 4.04. The Morgan fingerprint density at radius 3 is 2.73 bits per heavy atom. The van der Waals surface area contributed by atoms with Crippen LogP contribution in [-0.4, -0.2) is 25.7 Å². The molecule has 1 N–H and O–H groups in total. The molecule has 4 heteroatoms. The smallest absolute Gasteiger partial charge is 0.378 e. The molecule has 0 fully saturated rings. The second-order valence-electron chi connectivity index (χ2n) is 2.46. The van der Waals surface area contributed by atoms with Crippen LogP contribution >= 0.6 is 0 Å². The Balaban J connectivity index is 3.65. The summed E-state index contributed by atoms with van der Waals surface area (Å²) in [5.74, 6) is -0.971. The van der Waals surface area contributed by atoms with Gasteiger partial charge in [-0.25, -0.2) is 0 Å². The average Bonchev–Trinajstić information content (AvgIpc) is 2.05. The highest BCUT2D eigenvalue weighted by atomic mass is 16.5. The fourth-order valence-electron chi connectivity index (χ4n) is 0.830. The van der Waals surface area contributed by atoms with E-state index in [-0.39, 0.29) is 6.61 Å². The molecule has 62 valence electrons. The summed E-state index contributed by atoms with van der Waals surface area (Å²) < 4.78 is 4.00. The zero-order chi connectivity index (χ0) is 8.69. The van der Waals surface area contributed by atoms with Crippen molar-refractivity contribution in [2.24, 2.45) is 5.92 Å². The van der Waals surface area contributed by atoms with Crippen molar-refractivity contribution in [2.45, 2.75) is 26.2 Å². The molecule has 1 unspecified atom stereocenters. The Morgan fingerprint density at radius 2 is 2.36 bits per heavy atom. The summed E-state index contributed by atoms with van der Waals surface area (Å²) >= 11 is 0. The van der Waals surface area contributed by atoms with Gasteiger partial charge in [-0.2, -0.15) is 0 Å². The number of carbonyl (C=O) groups is 1. The molecule has 1 atom stereocenters. The van der Waals surface area contributed by atoms with Gasteiger partial charge in [-0.05, 0) is 6.42 Å². The molecule has 0 aliphatic heterocycles. The Kier molecular flexibility index (Phi) is 5.94. The highest BCUT2D eigenvalue weighted by Gasteiger charge is 2.15. The molecule has 0 saturated carbocycles. The highest BCUT2D eigenvalue weighted by Crippen LogP contribution is 2.08. The second kappa shape index (κ2) is 6.22. The van der Waals surface area contributed by atoms with Crippen LogP contribution in [0.2, 0.25) is 0 Å². The fraction of sp³-hybridized carbons (Fsp3) is 0.857. The SMILES string of the molecule is [B]OC(=O)C(CO)CCCC. The van der Waals surface area contributed by atoms with E-state index in [0.29, 0.717) is 6.42 Å². The van der Waals surface area contributed by atoms with Crippen LogP contribution in [0, 0.1) is 5.92 Å². The van der Waals surface area contributed by atoms with Crippen molar-refractivity contribution < 1.29 is 14.6 Å². The van der Waals surface area contributed by atoms with E-state index < -0.39 is 11.9 Å². The largest absolute Gasteiger partial charge is 0.543 e. The van der Waals surface area contributed by atoms with E-state index in [1.807, 2.05) is 6.92 Å². The van der Waals surface area contributed by atoms with Crippen LogP contribution < -0.4 is 0 Å². The molecule has 0 heterocycles. The molecule has 2 radical (unpaired) electrons. The molecule has 0 aromatic carbocycles. The van der Waals surface area contributed by atoms with Crippen LogP contribution in [0.3, 0.4) is 0 Å². The van der Waals surface area contributed by atoms with E-state index in [4.69, 9.17) is 5.11 Å². The molecule has 0 bridgehead atoms. The number of aliphatic hydroxyl groups is 1. The summed E-state index contributed by atoms with van der Waals surface area (Å²) in [5, 5.41) is 8.70. The predicted octanol–water partition coefficient (Wildman–Crippen LogP) is 0.412. The lowest BCUT2D eigenvalue weighted by molar-refractivity contribution is -0.140. The first-order valence-electron chi connectivity index (χ1n) is 3.77. The van der Waals surface area contributed by atoms with Crippen molar-refractivity contribution in [2.75, 3.05) is 6.61 Å². The normalized spacial score (nSPS) is 12.5. The minimum atomic E-state index is -0.527. The topological polar surface area (TPSA) is 46.5 Å². The first-order chi connectivity index (χ1) is 5.26. The number of aliphatic hydroxyl groups excluding tert-OH is 1. The summed E-state index contributed by atoms with van der Waals surface area (Å²) in [5.41, 5.74) is 0. The standard InChI is InChI=1S/C7H13BO3/c1-2-3-4-6(5-9)7(10)11-8/h6,9H,2-5H2,1H3. The van der Waals surface area contributed by atoms with Gasteiger partial charge in [0.05, 0.1) is 12.5 Å². The van der Waals surface area contributed by atoms with E-state index in [1.54, 1.807) is 0 Å². The van der Waals surface area contributed by atoms with Crippen molar-refractivity contribution in [1.82, 2.24) is 0 Å². The molecular weight excluding hydrogens is 143 g/mol. The molecule has 11 heavy (non-hydrogen) atoms. The summed E-state index contributed by atoms with van der Waals surface area (Å²) in [6.45, 7) is 1.83. The maximum Gasteiger partial charge on any atom is 0.378 e. The van der Waals surface area contributed by atoms with E-state index >= 15 is 0 Å². The number of rotatable bonds is 5. The van der Waals surface area contributed by atoms with Crippen LogP contribution in [0.4, 0.5) is 0 Å². The van der Waals surface area contributed by atoms with Crippen molar-refractivity contribution in [1.29, 1.82) is 0 Å². The quantitative estimate of drug-likeness (QED) is 0.586. The zero-order valence-corrected chi connectivity index (χ0v) is 6.75. The van der Waals surface area contributed by atoms with Gasteiger partial charge in [0.25, 0.3) is 5.97 Å². The number of carbonyl (C=O) groups excluding carboxylic acids is 1. The molecule has 0 spiro atoms. The monoisotopic (exact) mass is 156 g/mol. The summed E-state index contributed by atoms with van der Waals surface area (Å²) in [4.78, 5) is 10.7. The highest BCUT2D eigenvalue weighted by molar-refractivity contribution is 6.05. The van der Waals surface area contributed by atoms with Crippen molar-refractivity contribution in [3.63, 3.8) is 0 Å². The molecule has 0 aliphatic carbocycles. The third-order valence-electron chi connectivity index (χ3n) is 1.58. The van der Waals surface area contributed by atoms with Gasteiger partial charge in [0, 0.05) is 0 Å². The molecule has 0 aromatic rings. The van der Waals surface area contributed by atoms with Crippen LogP contribution in [-0.2, 0) is 9.45 Å².